The van der Waals surface area contributed by atoms with Crippen LogP contribution in [0.25, 0.3) is 32.2 Å². The molecule has 1 fully saturated rings. The third-order valence-electron chi connectivity index (χ3n) is 6.52. The summed E-state index contributed by atoms with van der Waals surface area (Å²) in [5, 5.41) is 4.40. The average molecular weight is 483 g/mol. The van der Waals surface area contributed by atoms with Crippen LogP contribution in [0.15, 0.2) is 72.4 Å². The number of pyridine rings is 1. The number of benzene rings is 3. The normalized spacial score (nSPS) is 13.9. The maximum Gasteiger partial charge on any atom is 0.253 e. The lowest BCUT2D eigenvalue weighted by Crippen LogP contribution is -2.35. The van der Waals surface area contributed by atoms with Gasteiger partial charge in [0.2, 0.25) is 0 Å². The van der Waals surface area contributed by atoms with Crippen LogP contribution in [-0.2, 0) is 0 Å². The van der Waals surface area contributed by atoms with E-state index in [1.165, 1.54) is 6.07 Å². The number of rotatable bonds is 4. The van der Waals surface area contributed by atoms with Crippen LogP contribution in [0.3, 0.4) is 0 Å². The van der Waals surface area contributed by atoms with E-state index in [0.717, 1.165) is 70.4 Å². The molecule has 1 amide bonds. The van der Waals surface area contributed by atoms with Crippen molar-refractivity contribution < 1.29 is 9.18 Å². The van der Waals surface area contributed by atoms with Crippen molar-refractivity contribution in [3.05, 3.63) is 83.8 Å². The number of thiazole rings is 1. The molecule has 0 atom stereocenters. The predicted molar refractivity (Wildman–Crippen MR) is 140 cm³/mol. The average Bonchev–Trinajstić information content (AvgIpc) is 3.37. The first-order chi connectivity index (χ1) is 17.2. The number of carbonyl (C=O) groups excluding carboxylic acids is 1. The Morgan fingerprint density at radius 3 is 2.66 bits per heavy atom. The highest BCUT2D eigenvalue weighted by Gasteiger charge is 2.19. The number of piperidine rings is 1. The summed E-state index contributed by atoms with van der Waals surface area (Å²) >= 11 is 1.61. The standard InChI is InChI=1S/C28H23FN4OS/c29-23-14-19(28(34)33-12-2-1-3-13-33)5-7-21(23)18-4-8-22-24(10-11-30-25(22)15-18)32-20-6-9-27-26(16-20)31-17-35-27/h4-11,14-17H,1-3,12-13H2,(H,30,32). The zero-order valence-corrected chi connectivity index (χ0v) is 19.8. The fourth-order valence-electron chi connectivity index (χ4n) is 4.68. The Morgan fingerprint density at radius 1 is 0.914 bits per heavy atom. The summed E-state index contributed by atoms with van der Waals surface area (Å²) < 4.78 is 16.3. The van der Waals surface area contributed by atoms with Gasteiger partial charge in [-0.3, -0.25) is 9.78 Å². The number of nitrogens with zero attached hydrogens (tertiary/aromatic N) is 3. The predicted octanol–water partition coefficient (Wildman–Crippen LogP) is 7.02. The molecule has 0 bridgehead atoms. The van der Waals surface area contributed by atoms with Crippen LogP contribution >= 0.6 is 11.3 Å². The molecule has 5 nitrogen and oxygen atoms in total. The first kappa shape index (κ1) is 21.7. The van der Waals surface area contributed by atoms with Crippen molar-refractivity contribution in [3.8, 4) is 11.1 Å². The molecule has 0 saturated carbocycles. The van der Waals surface area contributed by atoms with Crippen molar-refractivity contribution in [1.29, 1.82) is 0 Å². The molecule has 1 N–H and O–H groups in total. The molecule has 1 aliphatic rings. The fourth-order valence-corrected chi connectivity index (χ4v) is 5.34. The minimum atomic E-state index is -0.405. The highest BCUT2D eigenvalue weighted by molar-refractivity contribution is 7.16. The van der Waals surface area contributed by atoms with E-state index in [0.29, 0.717) is 11.1 Å². The summed E-state index contributed by atoms with van der Waals surface area (Å²) in [6, 6.07) is 18.5. The quantitative estimate of drug-likeness (QED) is 0.299. The summed E-state index contributed by atoms with van der Waals surface area (Å²) in [5.74, 6) is -0.500. The minimum absolute atomic E-state index is 0.0955. The van der Waals surface area contributed by atoms with Crippen LogP contribution < -0.4 is 5.32 Å². The van der Waals surface area contributed by atoms with E-state index in [1.807, 2.05) is 46.8 Å². The second-order valence-electron chi connectivity index (χ2n) is 8.80. The van der Waals surface area contributed by atoms with Crippen molar-refractivity contribution >= 4 is 49.7 Å². The van der Waals surface area contributed by atoms with Gasteiger partial charge in [-0.2, -0.15) is 0 Å². The first-order valence-electron chi connectivity index (χ1n) is 11.7. The third kappa shape index (κ3) is 4.23. The van der Waals surface area contributed by atoms with Crippen LogP contribution in [0, 0.1) is 5.82 Å². The van der Waals surface area contributed by atoms with Gasteiger partial charge in [-0.05, 0) is 67.3 Å². The number of aromatic nitrogens is 2. The van der Waals surface area contributed by atoms with Crippen molar-refractivity contribution in [2.75, 3.05) is 18.4 Å². The molecule has 35 heavy (non-hydrogen) atoms. The smallest absolute Gasteiger partial charge is 0.253 e. The molecule has 0 radical (unpaired) electrons. The Morgan fingerprint density at radius 2 is 1.80 bits per heavy atom. The highest BCUT2D eigenvalue weighted by Crippen LogP contribution is 2.32. The molecule has 0 spiro atoms. The monoisotopic (exact) mass is 482 g/mol. The Labute approximate surface area is 206 Å². The van der Waals surface area contributed by atoms with Crippen molar-refractivity contribution in [2.45, 2.75) is 19.3 Å². The first-order valence-corrected chi connectivity index (χ1v) is 12.6. The zero-order chi connectivity index (χ0) is 23.8. The highest BCUT2D eigenvalue weighted by atomic mass is 32.1. The van der Waals surface area contributed by atoms with Crippen molar-refractivity contribution in [3.63, 3.8) is 0 Å². The third-order valence-corrected chi connectivity index (χ3v) is 7.33. The maximum absolute atomic E-state index is 15.1. The number of amides is 1. The van der Waals surface area contributed by atoms with Crippen LogP contribution in [0.5, 0.6) is 0 Å². The van der Waals surface area contributed by atoms with Gasteiger partial charge < -0.3 is 10.2 Å². The van der Waals surface area contributed by atoms with Gasteiger partial charge >= 0.3 is 0 Å². The number of hydrogen-bond donors (Lipinski definition) is 1. The van der Waals surface area contributed by atoms with Gasteiger partial charge in [0.25, 0.3) is 5.91 Å². The second-order valence-corrected chi connectivity index (χ2v) is 9.68. The van der Waals surface area contributed by atoms with E-state index < -0.39 is 5.82 Å². The molecule has 7 heteroatoms. The molecule has 1 saturated heterocycles. The summed E-state index contributed by atoms with van der Waals surface area (Å²) in [4.78, 5) is 23.5. The number of carbonyl (C=O) groups is 1. The summed E-state index contributed by atoms with van der Waals surface area (Å²) in [5.41, 5.74) is 6.99. The molecule has 2 aromatic heterocycles. The lowest BCUT2D eigenvalue weighted by molar-refractivity contribution is 0.0724. The molecule has 5 aromatic rings. The molecular weight excluding hydrogens is 459 g/mol. The summed E-state index contributed by atoms with van der Waals surface area (Å²) in [6.45, 7) is 1.49. The number of anilines is 2. The van der Waals surface area contributed by atoms with Gasteiger partial charge in [0, 0.05) is 47.2 Å². The topological polar surface area (TPSA) is 58.1 Å². The van der Waals surface area contributed by atoms with Crippen LogP contribution in [0.2, 0.25) is 0 Å². The largest absolute Gasteiger partial charge is 0.355 e. The van der Waals surface area contributed by atoms with Crippen LogP contribution in [0.4, 0.5) is 15.8 Å². The zero-order valence-electron chi connectivity index (χ0n) is 19.0. The van der Waals surface area contributed by atoms with E-state index in [2.05, 4.69) is 21.4 Å². The number of halogens is 1. The number of likely N-dealkylation sites (tertiary alicyclic amines) is 1. The van der Waals surface area contributed by atoms with Gasteiger partial charge in [-0.15, -0.1) is 11.3 Å². The van der Waals surface area contributed by atoms with Gasteiger partial charge in [-0.25, -0.2) is 9.37 Å². The second kappa shape index (κ2) is 9.07. The van der Waals surface area contributed by atoms with Gasteiger partial charge in [0.05, 0.1) is 21.2 Å². The lowest BCUT2D eigenvalue weighted by atomic mass is 10.00. The molecule has 174 valence electrons. The lowest BCUT2D eigenvalue weighted by Gasteiger charge is -2.26. The van der Waals surface area contributed by atoms with Crippen molar-refractivity contribution in [1.82, 2.24) is 14.9 Å². The molecule has 6 rings (SSSR count). The van der Waals surface area contributed by atoms with Crippen molar-refractivity contribution in [2.24, 2.45) is 0 Å². The number of nitrogens with one attached hydrogen (secondary N) is 1. The van der Waals surface area contributed by atoms with Gasteiger partial charge in [-0.1, -0.05) is 18.2 Å². The Hall–Kier alpha value is -3.84. The van der Waals surface area contributed by atoms with Crippen LogP contribution in [0.1, 0.15) is 29.6 Å². The van der Waals surface area contributed by atoms with E-state index in [-0.39, 0.29) is 5.91 Å². The Bertz CT molecular complexity index is 1560. The minimum Gasteiger partial charge on any atom is -0.355 e. The van der Waals surface area contributed by atoms with E-state index in [9.17, 15) is 4.79 Å². The van der Waals surface area contributed by atoms with E-state index >= 15 is 4.39 Å². The Balaban J connectivity index is 1.29. The van der Waals surface area contributed by atoms with Gasteiger partial charge in [0.15, 0.2) is 0 Å². The molecule has 0 unspecified atom stereocenters. The summed E-state index contributed by atoms with van der Waals surface area (Å²) in [7, 11) is 0. The summed E-state index contributed by atoms with van der Waals surface area (Å²) in [6.07, 6.45) is 4.90. The number of fused-ring (bicyclic) bond motifs is 2. The van der Waals surface area contributed by atoms with E-state index in [1.54, 1.807) is 29.7 Å². The number of hydrogen-bond acceptors (Lipinski definition) is 5. The molecular formula is C28H23FN4OS. The molecule has 0 aliphatic carbocycles. The molecule has 1 aliphatic heterocycles. The Kier molecular flexibility index (Phi) is 5.62. The SMILES string of the molecule is O=C(c1ccc(-c2ccc3c(Nc4ccc5scnc5c4)ccnc3c2)c(F)c1)N1CCCCC1. The fraction of sp³-hybridized carbons (Fsp3) is 0.179. The molecule has 3 heterocycles. The van der Waals surface area contributed by atoms with Gasteiger partial charge in [0.1, 0.15) is 5.82 Å². The van der Waals surface area contributed by atoms with E-state index in [4.69, 9.17) is 0 Å². The molecule has 3 aromatic carbocycles. The van der Waals surface area contributed by atoms with Crippen LogP contribution in [-0.4, -0.2) is 33.9 Å². The maximum atomic E-state index is 15.1.